The average molecular weight is 266 g/mol. The summed E-state index contributed by atoms with van der Waals surface area (Å²) >= 11 is 0. The summed E-state index contributed by atoms with van der Waals surface area (Å²) in [4.78, 5) is 24.4. The van der Waals surface area contributed by atoms with Gasteiger partial charge in [-0.3, -0.25) is 9.59 Å². The van der Waals surface area contributed by atoms with Crippen molar-refractivity contribution in [2.45, 2.75) is 64.6 Å². The second-order valence-corrected chi connectivity index (χ2v) is 7.37. The molecular formula is C15H22O4. The number of hydrogen-bond acceptors (Lipinski definition) is 4. The van der Waals surface area contributed by atoms with Crippen molar-refractivity contribution in [1.82, 2.24) is 0 Å². The second-order valence-electron chi connectivity index (χ2n) is 7.37. The van der Waals surface area contributed by atoms with E-state index in [9.17, 15) is 14.7 Å². The Hall–Kier alpha value is -0.900. The first-order valence-corrected chi connectivity index (χ1v) is 7.08. The molecule has 0 spiro atoms. The van der Waals surface area contributed by atoms with E-state index in [1.807, 2.05) is 13.8 Å². The van der Waals surface area contributed by atoms with Gasteiger partial charge in [0.1, 0.15) is 11.2 Å². The Balaban J connectivity index is 2.25. The monoisotopic (exact) mass is 266 g/mol. The third-order valence-corrected chi connectivity index (χ3v) is 6.67. The first-order chi connectivity index (χ1) is 8.61. The van der Waals surface area contributed by atoms with Gasteiger partial charge in [-0.1, -0.05) is 20.8 Å². The number of carbonyl (C=O) groups excluding carboxylic acids is 2. The highest BCUT2D eigenvalue weighted by atomic mass is 16.6. The van der Waals surface area contributed by atoms with Crippen molar-refractivity contribution >= 4 is 11.8 Å². The van der Waals surface area contributed by atoms with Gasteiger partial charge in [-0.25, -0.2) is 0 Å². The van der Waals surface area contributed by atoms with Crippen molar-refractivity contribution in [3.05, 3.63) is 0 Å². The van der Waals surface area contributed by atoms with Gasteiger partial charge in [0, 0.05) is 17.3 Å². The van der Waals surface area contributed by atoms with Crippen molar-refractivity contribution in [2.75, 3.05) is 0 Å². The van der Waals surface area contributed by atoms with E-state index in [1.54, 1.807) is 6.92 Å². The van der Waals surface area contributed by atoms with Crippen LogP contribution in [0.5, 0.6) is 0 Å². The Bertz CT molecular complexity index is 479. The first kappa shape index (κ1) is 13.1. The van der Waals surface area contributed by atoms with Gasteiger partial charge in [-0.15, -0.1) is 0 Å². The normalized spacial score (nSPS) is 51.7. The molecule has 0 aromatic carbocycles. The van der Waals surface area contributed by atoms with Crippen LogP contribution in [0, 0.1) is 16.7 Å². The summed E-state index contributed by atoms with van der Waals surface area (Å²) in [7, 11) is 0. The van der Waals surface area contributed by atoms with E-state index in [-0.39, 0.29) is 24.1 Å². The highest BCUT2D eigenvalue weighted by Crippen LogP contribution is 2.71. The smallest absolute Gasteiger partial charge is 0.307 e. The third-order valence-electron chi connectivity index (χ3n) is 6.67. The van der Waals surface area contributed by atoms with E-state index in [2.05, 4.69) is 6.92 Å². The number of aliphatic hydroxyl groups is 1. The molecule has 1 saturated heterocycles. The van der Waals surface area contributed by atoms with Crippen LogP contribution in [0.4, 0.5) is 0 Å². The lowest BCUT2D eigenvalue weighted by molar-refractivity contribution is -0.230. The fourth-order valence-electron chi connectivity index (χ4n) is 4.94. The van der Waals surface area contributed by atoms with Crippen LogP contribution < -0.4 is 0 Å². The fourth-order valence-corrected chi connectivity index (χ4v) is 4.94. The minimum Gasteiger partial charge on any atom is -0.458 e. The summed E-state index contributed by atoms with van der Waals surface area (Å²) in [6.45, 7) is 7.42. The average Bonchev–Trinajstić information content (AvgIpc) is 2.71. The molecule has 1 heterocycles. The molecule has 4 nitrogen and oxygen atoms in total. The highest BCUT2D eigenvalue weighted by Gasteiger charge is 2.78. The maximum Gasteiger partial charge on any atom is 0.307 e. The van der Waals surface area contributed by atoms with E-state index in [0.717, 1.165) is 12.8 Å². The van der Waals surface area contributed by atoms with Crippen molar-refractivity contribution in [3.63, 3.8) is 0 Å². The summed E-state index contributed by atoms with van der Waals surface area (Å²) < 4.78 is 5.79. The molecule has 1 aliphatic heterocycles. The Labute approximate surface area is 113 Å². The van der Waals surface area contributed by atoms with Crippen molar-refractivity contribution in [1.29, 1.82) is 0 Å². The van der Waals surface area contributed by atoms with Crippen LogP contribution >= 0.6 is 0 Å². The third kappa shape index (κ3) is 1.12. The summed E-state index contributed by atoms with van der Waals surface area (Å²) in [5, 5.41) is 10.7. The minimum absolute atomic E-state index is 0.153. The fraction of sp³-hybridized carbons (Fsp3) is 0.867. The highest BCUT2D eigenvalue weighted by molar-refractivity contribution is 5.92. The zero-order valence-corrected chi connectivity index (χ0v) is 12.1. The lowest BCUT2D eigenvalue weighted by Crippen LogP contribution is -2.70. The van der Waals surface area contributed by atoms with Gasteiger partial charge in [0.25, 0.3) is 0 Å². The quantitative estimate of drug-likeness (QED) is 0.679. The van der Waals surface area contributed by atoms with Crippen LogP contribution in [0.15, 0.2) is 0 Å². The number of hydrogen-bond donors (Lipinski definition) is 1. The molecule has 3 rings (SSSR count). The molecule has 0 aromatic heterocycles. The summed E-state index contributed by atoms with van der Waals surface area (Å²) in [5.74, 6) is -0.0939. The molecule has 0 aromatic rings. The summed E-state index contributed by atoms with van der Waals surface area (Å²) in [5.41, 5.74) is -3.29. The SMILES string of the molecule is C[C@@H]1CC[C@]23OC(=O)C[C@]12CC(=O)[C@](C)(O)C3(C)C. The van der Waals surface area contributed by atoms with Gasteiger partial charge in [0.2, 0.25) is 0 Å². The Morgan fingerprint density at radius 3 is 2.47 bits per heavy atom. The largest absolute Gasteiger partial charge is 0.458 e. The lowest BCUT2D eigenvalue weighted by atomic mass is 9.47. The maximum absolute atomic E-state index is 12.4. The van der Waals surface area contributed by atoms with Crippen LogP contribution in [0.1, 0.15) is 53.4 Å². The molecular weight excluding hydrogens is 244 g/mol. The van der Waals surface area contributed by atoms with E-state index in [1.165, 1.54) is 0 Å². The molecule has 0 bridgehead atoms. The zero-order valence-electron chi connectivity index (χ0n) is 12.1. The lowest BCUT2D eigenvalue weighted by Gasteiger charge is -2.59. The number of Topliss-reactive ketones (excluding diaryl/α,β-unsaturated/α-hetero) is 1. The summed E-state index contributed by atoms with van der Waals surface area (Å²) in [6, 6.07) is 0. The molecule has 19 heavy (non-hydrogen) atoms. The van der Waals surface area contributed by atoms with Gasteiger partial charge in [0.05, 0.1) is 6.42 Å². The predicted molar refractivity (Wildman–Crippen MR) is 68.3 cm³/mol. The minimum atomic E-state index is -1.44. The number of ether oxygens (including phenoxy) is 1. The molecule has 4 heteroatoms. The van der Waals surface area contributed by atoms with Crippen molar-refractivity contribution in [2.24, 2.45) is 16.7 Å². The molecule has 4 atom stereocenters. The van der Waals surface area contributed by atoms with Gasteiger partial charge < -0.3 is 9.84 Å². The van der Waals surface area contributed by atoms with Crippen LogP contribution in [-0.4, -0.2) is 28.1 Å². The Morgan fingerprint density at radius 2 is 1.84 bits per heavy atom. The van der Waals surface area contributed by atoms with E-state index >= 15 is 0 Å². The maximum atomic E-state index is 12.4. The van der Waals surface area contributed by atoms with Gasteiger partial charge in [-0.2, -0.15) is 0 Å². The molecule has 106 valence electrons. The number of esters is 1. The van der Waals surface area contributed by atoms with Crippen molar-refractivity contribution < 1.29 is 19.4 Å². The van der Waals surface area contributed by atoms with E-state index in [0.29, 0.717) is 6.42 Å². The zero-order chi connectivity index (χ0) is 14.3. The van der Waals surface area contributed by atoms with Gasteiger partial charge in [-0.05, 0) is 25.7 Å². The molecule has 0 radical (unpaired) electrons. The predicted octanol–water partition coefficient (Wildman–Crippen LogP) is 1.84. The standard InChI is InChI=1S/C15H22O4/c1-9-5-6-15-12(2,3)13(4,18)10(16)7-14(9,15)8-11(17)19-15/h9,18H,5-8H2,1-4H3/t9-,13+,14-,15-/m1/s1. The topological polar surface area (TPSA) is 63.6 Å². The molecule has 0 amide bonds. The molecule has 0 unspecified atom stereocenters. The van der Waals surface area contributed by atoms with E-state index < -0.39 is 22.0 Å². The number of carbonyl (C=O) groups is 2. The molecule has 2 saturated carbocycles. The Kier molecular flexibility index (Phi) is 2.22. The Morgan fingerprint density at radius 1 is 1.21 bits per heavy atom. The van der Waals surface area contributed by atoms with Crippen LogP contribution in [0.3, 0.4) is 0 Å². The summed E-state index contributed by atoms with van der Waals surface area (Å²) in [6.07, 6.45) is 2.27. The van der Waals surface area contributed by atoms with Gasteiger partial charge in [0.15, 0.2) is 5.78 Å². The molecule has 1 N–H and O–H groups in total. The number of ketones is 1. The van der Waals surface area contributed by atoms with Crippen LogP contribution in [0.25, 0.3) is 0 Å². The number of rotatable bonds is 0. The van der Waals surface area contributed by atoms with E-state index in [4.69, 9.17) is 4.74 Å². The van der Waals surface area contributed by atoms with Gasteiger partial charge >= 0.3 is 5.97 Å². The molecule has 2 aliphatic carbocycles. The first-order valence-electron chi connectivity index (χ1n) is 7.08. The van der Waals surface area contributed by atoms with Crippen LogP contribution in [-0.2, 0) is 14.3 Å². The van der Waals surface area contributed by atoms with Crippen LogP contribution in [0.2, 0.25) is 0 Å². The second kappa shape index (κ2) is 3.22. The van der Waals surface area contributed by atoms with Crippen molar-refractivity contribution in [3.8, 4) is 0 Å². The molecule has 3 fully saturated rings. The molecule has 3 aliphatic rings.